The maximum atomic E-state index is 6.08. The van der Waals surface area contributed by atoms with Crippen molar-refractivity contribution in [3.8, 4) is 0 Å². The van der Waals surface area contributed by atoms with Crippen LogP contribution in [0.3, 0.4) is 0 Å². The van der Waals surface area contributed by atoms with Crippen LogP contribution in [0, 0.1) is 0 Å². The molecule has 1 fully saturated rings. The zero-order chi connectivity index (χ0) is 12.6. The van der Waals surface area contributed by atoms with E-state index < -0.39 is 0 Å². The highest BCUT2D eigenvalue weighted by atomic mass is 32.2. The van der Waals surface area contributed by atoms with Crippen LogP contribution in [0.2, 0.25) is 0 Å². The van der Waals surface area contributed by atoms with Crippen molar-refractivity contribution in [2.75, 3.05) is 12.8 Å². The van der Waals surface area contributed by atoms with Gasteiger partial charge in [-0.3, -0.25) is 0 Å². The van der Waals surface area contributed by atoms with E-state index in [1.807, 2.05) is 11.8 Å². The van der Waals surface area contributed by atoms with E-state index in [1.165, 1.54) is 0 Å². The number of thioether (sulfide) groups is 1. The van der Waals surface area contributed by atoms with Crippen LogP contribution in [0.5, 0.6) is 0 Å². The molecule has 2 nitrogen and oxygen atoms in total. The molecule has 0 saturated carbocycles. The van der Waals surface area contributed by atoms with E-state index in [0.29, 0.717) is 10.8 Å². The average Bonchev–Trinajstić information content (AvgIpc) is 2.31. The Morgan fingerprint density at radius 2 is 1.88 bits per heavy atom. The van der Waals surface area contributed by atoms with Gasteiger partial charge >= 0.3 is 0 Å². The standard InChI is InChI=1S/C13H27NOS/c1-11(2)8-10(13(5,6)15-11)14-9-12(3,4)16-7/h10,14H,8-9H2,1-7H3. The maximum absolute atomic E-state index is 6.08. The first-order valence-corrected chi connectivity index (χ1v) is 7.29. The van der Waals surface area contributed by atoms with E-state index in [0.717, 1.165) is 13.0 Å². The summed E-state index contributed by atoms with van der Waals surface area (Å²) in [6.07, 6.45) is 3.26. The van der Waals surface area contributed by atoms with Gasteiger partial charge in [-0.1, -0.05) is 0 Å². The molecule has 1 N–H and O–H groups in total. The third-order valence-corrected chi connectivity index (χ3v) is 4.65. The first kappa shape index (κ1) is 14.3. The molecule has 0 aliphatic carbocycles. The summed E-state index contributed by atoms with van der Waals surface area (Å²) in [4.78, 5) is 0. The lowest BCUT2D eigenvalue weighted by atomic mass is 9.94. The molecule has 0 aromatic heterocycles. The van der Waals surface area contributed by atoms with Gasteiger partial charge in [0.1, 0.15) is 0 Å². The molecule has 1 heterocycles. The van der Waals surface area contributed by atoms with Crippen LogP contribution in [-0.4, -0.2) is 34.8 Å². The average molecular weight is 245 g/mol. The van der Waals surface area contributed by atoms with Gasteiger partial charge in [-0.2, -0.15) is 11.8 Å². The fraction of sp³-hybridized carbons (Fsp3) is 1.00. The number of nitrogens with one attached hydrogen (secondary N) is 1. The van der Waals surface area contributed by atoms with Crippen LogP contribution in [0.1, 0.15) is 48.0 Å². The van der Waals surface area contributed by atoms with Crippen molar-refractivity contribution >= 4 is 11.8 Å². The van der Waals surface area contributed by atoms with Crippen molar-refractivity contribution in [1.82, 2.24) is 5.32 Å². The van der Waals surface area contributed by atoms with Crippen LogP contribution in [-0.2, 0) is 4.74 Å². The molecule has 1 unspecified atom stereocenters. The molecule has 16 heavy (non-hydrogen) atoms. The first-order valence-electron chi connectivity index (χ1n) is 6.07. The second-order valence-electron chi connectivity index (χ2n) is 6.57. The topological polar surface area (TPSA) is 21.3 Å². The summed E-state index contributed by atoms with van der Waals surface area (Å²) in [7, 11) is 0. The Bertz CT molecular complexity index is 248. The minimum Gasteiger partial charge on any atom is -0.368 e. The van der Waals surface area contributed by atoms with Gasteiger partial charge in [0, 0.05) is 17.3 Å². The van der Waals surface area contributed by atoms with Crippen molar-refractivity contribution in [1.29, 1.82) is 0 Å². The van der Waals surface area contributed by atoms with Gasteiger partial charge in [0.05, 0.1) is 11.2 Å². The molecule has 1 saturated heterocycles. The Balaban J connectivity index is 2.55. The van der Waals surface area contributed by atoms with Crippen LogP contribution in [0.15, 0.2) is 0 Å². The van der Waals surface area contributed by atoms with Crippen LogP contribution in [0.4, 0.5) is 0 Å². The van der Waals surface area contributed by atoms with Gasteiger partial charge in [-0.05, 0) is 54.2 Å². The number of hydrogen-bond donors (Lipinski definition) is 1. The van der Waals surface area contributed by atoms with Crippen molar-refractivity contribution in [2.24, 2.45) is 0 Å². The predicted molar refractivity (Wildman–Crippen MR) is 73.2 cm³/mol. The summed E-state index contributed by atoms with van der Waals surface area (Å²) in [6.45, 7) is 14.3. The minimum atomic E-state index is -0.0576. The van der Waals surface area contributed by atoms with E-state index in [2.05, 4.69) is 53.1 Å². The molecule has 0 amide bonds. The summed E-state index contributed by atoms with van der Waals surface area (Å²) in [6, 6.07) is 0.453. The van der Waals surface area contributed by atoms with Crippen molar-refractivity contribution in [2.45, 2.75) is 70.0 Å². The van der Waals surface area contributed by atoms with Gasteiger partial charge in [0.2, 0.25) is 0 Å². The third-order valence-electron chi connectivity index (χ3n) is 3.40. The summed E-state index contributed by atoms with van der Waals surface area (Å²) in [5.74, 6) is 0. The minimum absolute atomic E-state index is 0.00463. The fourth-order valence-electron chi connectivity index (χ4n) is 2.32. The molecular formula is C13H27NOS. The van der Waals surface area contributed by atoms with Gasteiger partial charge in [-0.15, -0.1) is 0 Å². The Morgan fingerprint density at radius 3 is 2.25 bits per heavy atom. The van der Waals surface area contributed by atoms with E-state index >= 15 is 0 Å². The lowest BCUT2D eigenvalue weighted by Gasteiger charge is -2.31. The van der Waals surface area contributed by atoms with Crippen LogP contribution >= 0.6 is 11.8 Å². The molecule has 0 spiro atoms. The van der Waals surface area contributed by atoms with E-state index in [9.17, 15) is 0 Å². The summed E-state index contributed by atoms with van der Waals surface area (Å²) in [5.41, 5.74) is -0.0529. The number of ether oxygens (including phenoxy) is 1. The monoisotopic (exact) mass is 245 g/mol. The van der Waals surface area contributed by atoms with E-state index in [1.54, 1.807) is 0 Å². The Hall–Kier alpha value is 0.270. The lowest BCUT2D eigenvalue weighted by molar-refractivity contribution is -0.0698. The van der Waals surface area contributed by atoms with Crippen LogP contribution in [0.25, 0.3) is 0 Å². The second kappa shape index (κ2) is 4.51. The van der Waals surface area contributed by atoms with Crippen molar-refractivity contribution in [3.05, 3.63) is 0 Å². The highest BCUT2D eigenvalue weighted by molar-refractivity contribution is 7.99. The summed E-state index contributed by atoms with van der Waals surface area (Å²) < 4.78 is 6.37. The Labute approximate surface area is 105 Å². The molecule has 0 bridgehead atoms. The summed E-state index contributed by atoms with van der Waals surface area (Å²) in [5, 5.41) is 3.67. The highest BCUT2D eigenvalue weighted by Gasteiger charge is 2.45. The quantitative estimate of drug-likeness (QED) is 0.822. The zero-order valence-electron chi connectivity index (χ0n) is 11.8. The second-order valence-corrected chi connectivity index (χ2v) is 8.08. The lowest BCUT2D eigenvalue weighted by Crippen LogP contribution is -2.47. The molecule has 96 valence electrons. The molecule has 1 rings (SSSR count). The zero-order valence-corrected chi connectivity index (χ0v) is 12.6. The highest BCUT2D eigenvalue weighted by Crippen LogP contribution is 2.37. The van der Waals surface area contributed by atoms with Gasteiger partial charge in [0.15, 0.2) is 0 Å². The van der Waals surface area contributed by atoms with E-state index in [-0.39, 0.29) is 11.2 Å². The SMILES string of the molecule is CSC(C)(C)CNC1CC(C)(C)OC1(C)C. The van der Waals surface area contributed by atoms with Crippen LogP contribution < -0.4 is 5.32 Å². The maximum Gasteiger partial charge on any atom is 0.0787 e. The Morgan fingerprint density at radius 1 is 1.31 bits per heavy atom. The number of hydrogen-bond acceptors (Lipinski definition) is 3. The normalized spacial score (nSPS) is 28.3. The van der Waals surface area contributed by atoms with Gasteiger partial charge in [0.25, 0.3) is 0 Å². The molecule has 0 aromatic rings. The van der Waals surface area contributed by atoms with Gasteiger partial charge in [-0.25, -0.2) is 0 Å². The van der Waals surface area contributed by atoms with Gasteiger partial charge < -0.3 is 10.1 Å². The molecule has 1 aliphatic heterocycles. The molecular weight excluding hydrogens is 218 g/mol. The number of rotatable bonds is 4. The third kappa shape index (κ3) is 3.64. The predicted octanol–water partition coefficient (Wildman–Crippen LogP) is 3.06. The summed E-state index contributed by atoms with van der Waals surface area (Å²) >= 11 is 1.91. The fourth-order valence-corrected chi connectivity index (χ4v) is 2.55. The Kier molecular flexibility index (Phi) is 4.04. The molecule has 1 atom stereocenters. The largest absolute Gasteiger partial charge is 0.368 e. The molecule has 1 aliphatic rings. The molecule has 0 aromatic carbocycles. The molecule has 0 radical (unpaired) electrons. The first-order chi connectivity index (χ1) is 7.08. The molecule has 3 heteroatoms. The van der Waals surface area contributed by atoms with E-state index in [4.69, 9.17) is 4.74 Å². The smallest absolute Gasteiger partial charge is 0.0787 e. The van der Waals surface area contributed by atoms with Crippen molar-refractivity contribution < 1.29 is 4.74 Å². The van der Waals surface area contributed by atoms with Crippen molar-refractivity contribution in [3.63, 3.8) is 0 Å².